The molecule has 200 valence electrons. The van der Waals surface area contributed by atoms with Crippen molar-refractivity contribution in [3.8, 4) is 0 Å². The van der Waals surface area contributed by atoms with Crippen molar-refractivity contribution in [2.45, 2.75) is 90.4 Å². The summed E-state index contributed by atoms with van der Waals surface area (Å²) in [6, 6.07) is 0. The maximum Gasteiger partial charge on any atom is 0.253 e. The van der Waals surface area contributed by atoms with Gasteiger partial charge in [-0.05, 0) is 79.2 Å². The number of aryl methyl sites for hydroxylation is 1. The minimum absolute atomic E-state index is 0.0250. The zero-order valence-electron chi connectivity index (χ0n) is 22.4. The van der Waals surface area contributed by atoms with Crippen molar-refractivity contribution in [1.82, 2.24) is 30.5 Å². The Kier molecular flexibility index (Phi) is 9.41. The molecule has 2 aliphatic rings. The number of carbonyl (C=O) groups excluding carboxylic acids is 3. The number of hydrogen-bond acceptors (Lipinski definition) is 7. The summed E-state index contributed by atoms with van der Waals surface area (Å²) in [5.74, 6) is -0.248. The van der Waals surface area contributed by atoms with Gasteiger partial charge in [0.15, 0.2) is 0 Å². The Morgan fingerprint density at radius 2 is 1.75 bits per heavy atom. The molecule has 2 N–H and O–H groups in total. The van der Waals surface area contributed by atoms with E-state index in [1.165, 1.54) is 17.1 Å². The lowest BCUT2D eigenvalue weighted by Gasteiger charge is -2.29. The fourth-order valence-electron chi connectivity index (χ4n) is 4.49. The molecule has 0 bridgehead atoms. The molecular formula is C26H42N6O4. The van der Waals surface area contributed by atoms with Crippen LogP contribution in [0.4, 0.5) is 0 Å². The van der Waals surface area contributed by atoms with Gasteiger partial charge in [-0.2, -0.15) is 0 Å². The van der Waals surface area contributed by atoms with Gasteiger partial charge in [-0.15, -0.1) is 5.10 Å². The monoisotopic (exact) mass is 502 g/mol. The van der Waals surface area contributed by atoms with Crippen LogP contribution in [0.25, 0.3) is 0 Å². The van der Waals surface area contributed by atoms with Crippen molar-refractivity contribution < 1.29 is 19.1 Å². The highest BCUT2D eigenvalue weighted by molar-refractivity contribution is 6.12. The molecule has 0 aromatic carbocycles. The van der Waals surface area contributed by atoms with Crippen molar-refractivity contribution in [1.29, 1.82) is 0 Å². The second kappa shape index (κ2) is 12.1. The second-order valence-electron chi connectivity index (χ2n) is 11.3. The topological polar surface area (TPSA) is 118 Å². The lowest BCUT2D eigenvalue weighted by Crippen LogP contribution is -2.38. The highest BCUT2D eigenvalue weighted by Crippen LogP contribution is 2.30. The van der Waals surface area contributed by atoms with E-state index in [0.717, 1.165) is 44.2 Å². The maximum atomic E-state index is 12.7. The first kappa shape index (κ1) is 28.0. The van der Waals surface area contributed by atoms with E-state index in [9.17, 15) is 14.4 Å². The molecule has 1 aromatic heterocycles. The van der Waals surface area contributed by atoms with E-state index in [4.69, 9.17) is 4.74 Å². The molecule has 3 amide bonds. The summed E-state index contributed by atoms with van der Waals surface area (Å²) >= 11 is 0. The SMILES string of the molecule is CNC(C)(C)CCOC(C)(C)CCn1cc(CNC(=O)C2CCC(CN3C(=O)C=CC3=O)CC2)nn1. The van der Waals surface area contributed by atoms with E-state index in [1.807, 2.05) is 13.2 Å². The zero-order chi connectivity index (χ0) is 26.3. The lowest BCUT2D eigenvalue weighted by atomic mass is 9.81. The number of carbonyl (C=O) groups is 3. The molecule has 0 radical (unpaired) electrons. The summed E-state index contributed by atoms with van der Waals surface area (Å²) in [7, 11) is 1.96. The molecule has 0 atom stereocenters. The summed E-state index contributed by atoms with van der Waals surface area (Å²) in [5.41, 5.74) is 0.506. The third kappa shape index (κ3) is 8.23. The van der Waals surface area contributed by atoms with Crippen molar-refractivity contribution in [2.24, 2.45) is 11.8 Å². The minimum atomic E-state index is -0.269. The number of rotatable bonds is 13. The maximum absolute atomic E-state index is 12.7. The average molecular weight is 503 g/mol. The van der Waals surface area contributed by atoms with Gasteiger partial charge in [-0.1, -0.05) is 5.21 Å². The van der Waals surface area contributed by atoms with Crippen LogP contribution in [-0.4, -0.2) is 69.0 Å². The number of hydrogen-bond donors (Lipinski definition) is 2. The third-order valence-corrected chi connectivity index (χ3v) is 7.43. The highest BCUT2D eigenvalue weighted by atomic mass is 16.5. The van der Waals surface area contributed by atoms with Gasteiger partial charge in [0.2, 0.25) is 5.91 Å². The molecule has 36 heavy (non-hydrogen) atoms. The summed E-state index contributed by atoms with van der Waals surface area (Å²) in [6.45, 7) is 10.6. The largest absolute Gasteiger partial charge is 0.375 e. The smallest absolute Gasteiger partial charge is 0.253 e. The van der Waals surface area contributed by atoms with Crippen LogP contribution in [0.1, 0.15) is 71.9 Å². The second-order valence-corrected chi connectivity index (χ2v) is 11.3. The molecule has 10 heteroatoms. The van der Waals surface area contributed by atoms with Crippen LogP contribution >= 0.6 is 0 Å². The number of nitrogens with zero attached hydrogens (tertiary/aromatic N) is 4. The van der Waals surface area contributed by atoms with E-state index in [0.29, 0.717) is 26.2 Å². The summed E-state index contributed by atoms with van der Waals surface area (Å²) < 4.78 is 7.90. The average Bonchev–Trinajstić information content (AvgIpc) is 3.43. The quantitative estimate of drug-likeness (QED) is 0.397. The Morgan fingerprint density at radius 3 is 2.39 bits per heavy atom. The van der Waals surface area contributed by atoms with Crippen molar-refractivity contribution >= 4 is 17.7 Å². The number of amides is 3. The first-order valence-electron chi connectivity index (χ1n) is 13.0. The molecule has 3 rings (SSSR count). The van der Waals surface area contributed by atoms with Gasteiger partial charge >= 0.3 is 0 Å². The zero-order valence-corrected chi connectivity index (χ0v) is 22.4. The number of ether oxygens (including phenoxy) is 1. The normalized spacial score (nSPS) is 20.9. The number of imide groups is 1. The predicted molar refractivity (Wildman–Crippen MR) is 136 cm³/mol. The van der Waals surface area contributed by atoms with Gasteiger partial charge < -0.3 is 15.4 Å². The third-order valence-electron chi connectivity index (χ3n) is 7.43. The Labute approximate surface area is 214 Å². The standard InChI is InChI=1S/C26H42N6O4/c1-25(2,27-5)13-15-36-26(3,4)12-14-31-18-21(29-30-31)16-28-24(35)20-8-6-19(7-9-20)17-32-22(33)10-11-23(32)34/h10-11,18-20,27H,6-9,12-17H2,1-5H3,(H,28,35). The molecule has 1 aliphatic heterocycles. The summed E-state index contributed by atoms with van der Waals surface area (Å²) in [4.78, 5) is 37.5. The molecule has 1 fully saturated rings. The molecule has 0 spiro atoms. The Morgan fingerprint density at radius 1 is 1.08 bits per heavy atom. The molecule has 1 saturated carbocycles. The van der Waals surface area contributed by atoms with E-state index in [1.54, 1.807) is 4.68 Å². The van der Waals surface area contributed by atoms with Crippen LogP contribution < -0.4 is 10.6 Å². The van der Waals surface area contributed by atoms with Gasteiger partial charge in [0, 0.05) is 43.3 Å². The Hall–Kier alpha value is -2.59. The van der Waals surface area contributed by atoms with Gasteiger partial charge in [-0.3, -0.25) is 24.0 Å². The molecule has 1 aliphatic carbocycles. The predicted octanol–water partition coefficient (Wildman–Crippen LogP) is 2.20. The van der Waals surface area contributed by atoms with Crippen LogP contribution in [0.5, 0.6) is 0 Å². The van der Waals surface area contributed by atoms with Crippen molar-refractivity contribution in [2.75, 3.05) is 20.2 Å². The van der Waals surface area contributed by atoms with Gasteiger partial charge in [0.25, 0.3) is 11.8 Å². The molecule has 10 nitrogen and oxygen atoms in total. The first-order chi connectivity index (χ1) is 17.0. The summed E-state index contributed by atoms with van der Waals surface area (Å²) in [5, 5.41) is 14.7. The van der Waals surface area contributed by atoms with E-state index >= 15 is 0 Å². The van der Waals surface area contributed by atoms with E-state index in [2.05, 4.69) is 48.6 Å². The molecule has 1 aromatic rings. The fourth-order valence-corrected chi connectivity index (χ4v) is 4.49. The van der Waals surface area contributed by atoms with Crippen LogP contribution in [0.15, 0.2) is 18.3 Å². The fraction of sp³-hybridized carbons (Fsp3) is 0.731. The van der Waals surface area contributed by atoms with Crippen LogP contribution in [0.3, 0.4) is 0 Å². The molecule has 0 saturated heterocycles. The lowest BCUT2D eigenvalue weighted by molar-refractivity contribution is -0.138. The van der Waals surface area contributed by atoms with E-state index < -0.39 is 0 Å². The first-order valence-corrected chi connectivity index (χ1v) is 13.0. The van der Waals surface area contributed by atoms with Crippen LogP contribution in [0, 0.1) is 11.8 Å². The van der Waals surface area contributed by atoms with Gasteiger partial charge in [-0.25, -0.2) is 0 Å². The van der Waals surface area contributed by atoms with Crippen molar-refractivity contribution in [3.05, 3.63) is 24.0 Å². The van der Waals surface area contributed by atoms with Gasteiger partial charge in [0.05, 0.1) is 18.3 Å². The Balaban J connectivity index is 1.34. The van der Waals surface area contributed by atoms with Gasteiger partial charge in [0.1, 0.15) is 5.69 Å². The Bertz CT molecular complexity index is 928. The van der Waals surface area contributed by atoms with Crippen LogP contribution in [0.2, 0.25) is 0 Å². The summed E-state index contributed by atoms with van der Waals surface area (Å²) in [6.07, 6.45) is 9.41. The van der Waals surface area contributed by atoms with E-state index in [-0.39, 0.29) is 40.7 Å². The molecule has 0 unspecified atom stereocenters. The number of aromatic nitrogens is 3. The highest BCUT2D eigenvalue weighted by Gasteiger charge is 2.31. The number of nitrogens with one attached hydrogen (secondary N) is 2. The molecular weight excluding hydrogens is 460 g/mol. The van der Waals surface area contributed by atoms with Crippen LogP contribution in [-0.2, 0) is 32.2 Å². The van der Waals surface area contributed by atoms with Crippen molar-refractivity contribution in [3.63, 3.8) is 0 Å². The minimum Gasteiger partial charge on any atom is -0.375 e. The molecule has 2 heterocycles.